The average Bonchev–Trinajstić information content (AvgIpc) is 3.03. The smallest absolute Gasteiger partial charge is 0.320 e. The van der Waals surface area contributed by atoms with Gasteiger partial charge in [0, 0.05) is 11.9 Å². The normalized spacial score (nSPS) is 19.9. The maximum atomic E-state index is 14.1. The fourth-order valence-corrected chi connectivity index (χ4v) is 3.57. The Bertz CT molecular complexity index is 828. The first-order valence-electron chi connectivity index (χ1n) is 7.97. The Morgan fingerprint density at radius 1 is 1.25 bits per heavy atom. The third-order valence-electron chi connectivity index (χ3n) is 4.86. The van der Waals surface area contributed by atoms with Crippen molar-refractivity contribution >= 4 is 11.5 Å². The largest absolute Gasteiger partial charge is 0.468 e. The van der Waals surface area contributed by atoms with Crippen molar-refractivity contribution in [2.45, 2.75) is 32.1 Å². The summed E-state index contributed by atoms with van der Waals surface area (Å²) in [6.45, 7) is 3.65. The maximum absolute atomic E-state index is 14.1. The number of ether oxygens (including phenoxy) is 1. The highest BCUT2D eigenvalue weighted by Crippen LogP contribution is 2.45. The minimum absolute atomic E-state index is 0.310. The summed E-state index contributed by atoms with van der Waals surface area (Å²) in [7, 11) is 1.37. The second-order valence-corrected chi connectivity index (χ2v) is 6.18. The SMILES string of the molecule is COC(=O)C1(c2cccc(F)c2C)C=C(c2cccnc2C)CC1. The van der Waals surface area contributed by atoms with Crippen LogP contribution in [-0.2, 0) is 14.9 Å². The molecule has 1 aromatic carbocycles. The van der Waals surface area contributed by atoms with Crippen molar-refractivity contribution in [3.63, 3.8) is 0 Å². The fourth-order valence-electron chi connectivity index (χ4n) is 3.57. The zero-order chi connectivity index (χ0) is 17.3. The van der Waals surface area contributed by atoms with E-state index in [1.165, 1.54) is 13.2 Å². The molecular weight excluding hydrogens is 305 g/mol. The molecule has 0 N–H and O–H groups in total. The summed E-state index contributed by atoms with van der Waals surface area (Å²) in [5, 5.41) is 0. The number of esters is 1. The summed E-state index contributed by atoms with van der Waals surface area (Å²) in [6.07, 6.45) is 4.97. The van der Waals surface area contributed by atoms with Crippen LogP contribution in [0.25, 0.3) is 5.57 Å². The molecule has 1 heterocycles. The van der Waals surface area contributed by atoms with Gasteiger partial charge in [-0.15, -0.1) is 0 Å². The Morgan fingerprint density at radius 3 is 2.75 bits per heavy atom. The number of aromatic nitrogens is 1. The topological polar surface area (TPSA) is 39.2 Å². The molecule has 4 heteroatoms. The predicted molar refractivity (Wildman–Crippen MR) is 91.0 cm³/mol. The summed E-state index contributed by atoms with van der Waals surface area (Å²) in [4.78, 5) is 17.0. The van der Waals surface area contributed by atoms with Crippen LogP contribution in [0.1, 0.15) is 35.2 Å². The first kappa shape index (κ1) is 16.4. The van der Waals surface area contributed by atoms with Crippen LogP contribution in [0.4, 0.5) is 4.39 Å². The second kappa shape index (κ2) is 6.19. The standard InChI is InChI=1S/C20H20FNO2/c1-13-17(7-4-8-18(13)21)20(19(23)24-3)10-9-15(12-20)16-6-5-11-22-14(16)2/h4-8,11-12H,9-10H2,1-3H3. The molecule has 0 fully saturated rings. The third kappa shape index (κ3) is 2.52. The zero-order valence-electron chi connectivity index (χ0n) is 14.1. The van der Waals surface area contributed by atoms with E-state index in [0.717, 1.165) is 23.3 Å². The van der Waals surface area contributed by atoms with Crippen molar-refractivity contribution in [3.05, 3.63) is 70.8 Å². The predicted octanol–water partition coefficient (Wildman–Crippen LogP) is 4.13. The molecule has 0 amide bonds. The van der Waals surface area contributed by atoms with Crippen molar-refractivity contribution in [1.29, 1.82) is 0 Å². The number of carbonyl (C=O) groups is 1. The summed E-state index contributed by atoms with van der Waals surface area (Å²) in [5.41, 5.74) is 3.21. The Labute approximate surface area is 141 Å². The Balaban J connectivity index is 2.18. The molecule has 0 radical (unpaired) electrons. The number of aryl methyl sites for hydroxylation is 1. The Morgan fingerprint density at radius 2 is 2.04 bits per heavy atom. The minimum atomic E-state index is -0.946. The summed E-state index contributed by atoms with van der Waals surface area (Å²) >= 11 is 0. The number of allylic oxidation sites excluding steroid dienone is 1. The zero-order valence-corrected chi connectivity index (χ0v) is 14.1. The van der Waals surface area contributed by atoms with E-state index in [9.17, 15) is 9.18 Å². The number of nitrogens with zero attached hydrogens (tertiary/aromatic N) is 1. The number of hydrogen-bond acceptors (Lipinski definition) is 3. The molecule has 0 spiro atoms. The molecule has 1 aromatic heterocycles. The molecule has 1 aliphatic rings. The van der Waals surface area contributed by atoms with Crippen molar-refractivity contribution in [2.24, 2.45) is 0 Å². The molecule has 0 saturated carbocycles. The molecule has 2 aromatic rings. The van der Waals surface area contributed by atoms with Crippen LogP contribution in [0.2, 0.25) is 0 Å². The van der Waals surface area contributed by atoms with Gasteiger partial charge in [0.2, 0.25) is 0 Å². The van der Waals surface area contributed by atoms with Gasteiger partial charge in [0.25, 0.3) is 0 Å². The quantitative estimate of drug-likeness (QED) is 0.797. The van der Waals surface area contributed by atoms with Crippen LogP contribution in [-0.4, -0.2) is 18.1 Å². The van der Waals surface area contributed by atoms with Gasteiger partial charge in [0.1, 0.15) is 11.2 Å². The van der Waals surface area contributed by atoms with Crippen LogP contribution >= 0.6 is 0 Å². The first-order chi connectivity index (χ1) is 11.5. The van der Waals surface area contributed by atoms with Crippen molar-refractivity contribution in [1.82, 2.24) is 4.98 Å². The molecule has 0 aliphatic heterocycles. The van der Waals surface area contributed by atoms with Gasteiger partial charge in [-0.2, -0.15) is 0 Å². The van der Waals surface area contributed by atoms with Crippen molar-refractivity contribution in [2.75, 3.05) is 7.11 Å². The monoisotopic (exact) mass is 325 g/mol. The fraction of sp³-hybridized carbons (Fsp3) is 0.300. The average molecular weight is 325 g/mol. The summed E-state index contributed by atoms with van der Waals surface area (Å²) in [6, 6.07) is 8.75. The maximum Gasteiger partial charge on any atom is 0.320 e. The minimum Gasteiger partial charge on any atom is -0.468 e. The lowest BCUT2D eigenvalue weighted by atomic mass is 9.77. The van der Waals surface area contributed by atoms with Crippen molar-refractivity contribution < 1.29 is 13.9 Å². The highest BCUT2D eigenvalue weighted by Gasteiger charge is 2.44. The van der Waals surface area contributed by atoms with Gasteiger partial charge in [-0.25, -0.2) is 4.39 Å². The van der Waals surface area contributed by atoms with Crippen LogP contribution in [0.3, 0.4) is 0 Å². The van der Waals surface area contributed by atoms with Gasteiger partial charge in [0.15, 0.2) is 0 Å². The number of benzene rings is 1. The van der Waals surface area contributed by atoms with E-state index in [1.807, 2.05) is 31.2 Å². The van der Waals surface area contributed by atoms with E-state index in [-0.39, 0.29) is 11.8 Å². The van der Waals surface area contributed by atoms with Crippen molar-refractivity contribution in [3.8, 4) is 0 Å². The van der Waals surface area contributed by atoms with Gasteiger partial charge in [-0.3, -0.25) is 9.78 Å². The van der Waals surface area contributed by atoms with Gasteiger partial charge in [-0.05, 0) is 61.1 Å². The number of rotatable bonds is 3. The van der Waals surface area contributed by atoms with Crippen LogP contribution in [0.5, 0.6) is 0 Å². The van der Waals surface area contributed by atoms with Crippen LogP contribution < -0.4 is 0 Å². The molecule has 0 bridgehead atoms. The molecule has 0 saturated heterocycles. The molecule has 1 atom stereocenters. The molecular formula is C20H20FNO2. The molecule has 1 aliphatic carbocycles. The van der Waals surface area contributed by atoms with E-state index in [2.05, 4.69) is 4.98 Å². The van der Waals surface area contributed by atoms with Gasteiger partial charge in [0.05, 0.1) is 7.11 Å². The molecule has 1 unspecified atom stereocenters. The van der Waals surface area contributed by atoms with E-state index in [0.29, 0.717) is 17.5 Å². The van der Waals surface area contributed by atoms with E-state index in [1.54, 1.807) is 19.2 Å². The number of hydrogen-bond donors (Lipinski definition) is 0. The highest BCUT2D eigenvalue weighted by molar-refractivity contribution is 5.91. The lowest BCUT2D eigenvalue weighted by Crippen LogP contribution is -2.34. The lowest BCUT2D eigenvalue weighted by molar-refractivity contribution is -0.145. The lowest BCUT2D eigenvalue weighted by Gasteiger charge is -2.26. The van der Waals surface area contributed by atoms with Gasteiger partial charge < -0.3 is 4.74 Å². The molecule has 124 valence electrons. The third-order valence-corrected chi connectivity index (χ3v) is 4.86. The Kier molecular flexibility index (Phi) is 4.22. The van der Waals surface area contributed by atoms with E-state index >= 15 is 0 Å². The molecule has 24 heavy (non-hydrogen) atoms. The number of methoxy groups -OCH3 is 1. The van der Waals surface area contributed by atoms with E-state index in [4.69, 9.17) is 4.74 Å². The van der Waals surface area contributed by atoms with Gasteiger partial charge >= 0.3 is 5.97 Å². The van der Waals surface area contributed by atoms with Crippen LogP contribution in [0.15, 0.2) is 42.6 Å². The highest BCUT2D eigenvalue weighted by atomic mass is 19.1. The van der Waals surface area contributed by atoms with E-state index < -0.39 is 5.41 Å². The summed E-state index contributed by atoms with van der Waals surface area (Å²) in [5.74, 6) is -0.664. The Hall–Kier alpha value is -2.49. The number of pyridine rings is 1. The number of halogens is 1. The first-order valence-corrected chi connectivity index (χ1v) is 7.97. The van der Waals surface area contributed by atoms with Gasteiger partial charge in [-0.1, -0.05) is 24.3 Å². The second-order valence-electron chi connectivity index (χ2n) is 6.18. The van der Waals surface area contributed by atoms with Crippen LogP contribution in [0, 0.1) is 19.7 Å². The summed E-state index contributed by atoms with van der Waals surface area (Å²) < 4.78 is 19.2. The molecule has 3 rings (SSSR count). The number of carbonyl (C=O) groups excluding carboxylic acids is 1. The molecule has 3 nitrogen and oxygen atoms in total.